The minimum atomic E-state index is -3.82. The second kappa shape index (κ2) is 4.97. The number of rotatable bonds is 4. The third-order valence-corrected chi connectivity index (χ3v) is 4.15. The van der Waals surface area contributed by atoms with Crippen LogP contribution in [0.25, 0.3) is 0 Å². The summed E-state index contributed by atoms with van der Waals surface area (Å²) in [5, 5.41) is 9.93. The molecule has 0 spiro atoms. The molecule has 2 rings (SSSR count). The molecule has 1 N–H and O–H groups in total. The largest absolute Gasteiger partial charge is 0.385 e. The molecule has 1 saturated heterocycles. The summed E-state index contributed by atoms with van der Waals surface area (Å²) in [7, 11) is -3.82. The van der Waals surface area contributed by atoms with Gasteiger partial charge >= 0.3 is 0 Å². The lowest BCUT2D eigenvalue weighted by molar-refractivity contribution is -0.0100. The van der Waals surface area contributed by atoms with Crippen LogP contribution in [-0.2, 0) is 19.0 Å². The number of ether oxygens (including phenoxy) is 1. The Morgan fingerprint density at radius 1 is 1.39 bits per heavy atom. The second-order valence-electron chi connectivity index (χ2n) is 4.56. The SMILES string of the molecule is Cc1ccc(S(=O)(=O)OCC2(O)CCOC2)cc1. The van der Waals surface area contributed by atoms with E-state index in [2.05, 4.69) is 0 Å². The maximum Gasteiger partial charge on any atom is 0.297 e. The molecular weight excluding hydrogens is 256 g/mol. The Morgan fingerprint density at radius 3 is 2.61 bits per heavy atom. The normalized spacial score (nSPS) is 24.3. The van der Waals surface area contributed by atoms with Crippen molar-refractivity contribution < 1.29 is 22.4 Å². The lowest BCUT2D eigenvalue weighted by Crippen LogP contribution is -2.35. The molecule has 1 aromatic rings. The van der Waals surface area contributed by atoms with E-state index in [0.717, 1.165) is 5.56 Å². The zero-order valence-electron chi connectivity index (χ0n) is 10.1. The Morgan fingerprint density at radius 2 is 2.06 bits per heavy atom. The van der Waals surface area contributed by atoms with Gasteiger partial charge in [0.15, 0.2) is 0 Å². The molecule has 100 valence electrons. The molecule has 0 radical (unpaired) electrons. The van der Waals surface area contributed by atoms with E-state index in [4.69, 9.17) is 8.92 Å². The summed E-state index contributed by atoms with van der Waals surface area (Å²) in [5.41, 5.74) is -0.227. The second-order valence-corrected chi connectivity index (χ2v) is 6.17. The average molecular weight is 272 g/mol. The van der Waals surface area contributed by atoms with Gasteiger partial charge < -0.3 is 9.84 Å². The molecule has 0 aromatic heterocycles. The van der Waals surface area contributed by atoms with E-state index in [0.29, 0.717) is 13.0 Å². The first-order valence-corrected chi connectivity index (χ1v) is 7.08. The molecule has 1 heterocycles. The van der Waals surface area contributed by atoms with E-state index < -0.39 is 15.7 Å². The van der Waals surface area contributed by atoms with Crippen LogP contribution in [0.3, 0.4) is 0 Å². The minimum absolute atomic E-state index is 0.0932. The van der Waals surface area contributed by atoms with Gasteiger partial charge in [0.1, 0.15) is 5.60 Å². The van der Waals surface area contributed by atoms with Gasteiger partial charge in [-0.15, -0.1) is 0 Å². The van der Waals surface area contributed by atoms with Crippen LogP contribution in [0.5, 0.6) is 0 Å². The van der Waals surface area contributed by atoms with Gasteiger partial charge in [-0.1, -0.05) is 17.7 Å². The summed E-state index contributed by atoms with van der Waals surface area (Å²) in [6, 6.07) is 6.37. The standard InChI is InChI=1S/C12H16O5S/c1-10-2-4-11(5-3-10)18(14,15)17-9-12(13)6-7-16-8-12/h2-5,13H,6-9H2,1H3. The molecular formula is C12H16O5S. The molecule has 1 aromatic carbocycles. The molecule has 18 heavy (non-hydrogen) atoms. The van der Waals surface area contributed by atoms with Crippen molar-refractivity contribution in [1.82, 2.24) is 0 Å². The fourth-order valence-corrected chi connectivity index (χ4v) is 2.65. The van der Waals surface area contributed by atoms with Crippen LogP contribution in [0.15, 0.2) is 29.2 Å². The molecule has 1 aliphatic heterocycles. The van der Waals surface area contributed by atoms with E-state index in [-0.39, 0.29) is 18.1 Å². The highest BCUT2D eigenvalue weighted by Gasteiger charge is 2.34. The van der Waals surface area contributed by atoms with Crippen LogP contribution in [-0.4, -0.2) is 38.9 Å². The predicted octanol–water partition coefficient (Wildman–Crippen LogP) is 0.852. The van der Waals surface area contributed by atoms with Gasteiger partial charge in [0.05, 0.1) is 18.1 Å². The van der Waals surface area contributed by atoms with Gasteiger partial charge in [-0.2, -0.15) is 8.42 Å². The summed E-state index contributed by atoms with van der Waals surface area (Å²) < 4.78 is 33.6. The smallest absolute Gasteiger partial charge is 0.297 e. The topological polar surface area (TPSA) is 72.8 Å². The Labute approximate surface area is 106 Å². The fraction of sp³-hybridized carbons (Fsp3) is 0.500. The van der Waals surface area contributed by atoms with E-state index in [1.54, 1.807) is 12.1 Å². The zero-order valence-corrected chi connectivity index (χ0v) is 10.9. The summed E-state index contributed by atoms with van der Waals surface area (Å²) in [5.74, 6) is 0. The molecule has 6 heteroatoms. The Balaban J connectivity index is 2.05. The highest BCUT2D eigenvalue weighted by molar-refractivity contribution is 7.86. The van der Waals surface area contributed by atoms with Crippen molar-refractivity contribution >= 4 is 10.1 Å². The van der Waals surface area contributed by atoms with Gasteiger partial charge in [0.25, 0.3) is 10.1 Å². The Kier molecular flexibility index (Phi) is 3.72. The molecule has 0 bridgehead atoms. The van der Waals surface area contributed by atoms with Crippen molar-refractivity contribution in [2.45, 2.75) is 23.8 Å². The Bertz CT molecular complexity index is 500. The van der Waals surface area contributed by atoms with Crippen molar-refractivity contribution in [3.8, 4) is 0 Å². The van der Waals surface area contributed by atoms with Crippen LogP contribution >= 0.6 is 0 Å². The molecule has 1 fully saturated rings. The molecule has 1 atom stereocenters. The number of aliphatic hydroxyl groups is 1. The van der Waals surface area contributed by atoms with Gasteiger partial charge in [0, 0.05) is 13.0 Å². The van der Waals surface area contributed by atoms with Gasteiger partial charge in [0.2, 0.25) is 0 Å². The van der Waals surface area contributed by atoms with Crippen LogP contribution < -0.4 is 0 Å². The predicted molar refractivity (Wildman–Crippen MR) is 64.7 cm³/mol. The summed E-state index contributed by atoms with van der Waals surface area (Å²) in [6.07, 6.45) is 0.385. The lowest BCUT2D eigenvalue weighted by Gasteiger charge is -2.19. The molecule has 0 amide bonds. The number of aryl methyl sites for hydroxylation is 1. The summed E-state index contributed by atoms with van der Waals surface area (Å²) >= 11 is 0. The summed E-state index contributed by atoms with van der Waals surface area (Å²) in [4.78, 5) is 0.0932. The van der Waals surface area contributed by atoms with Gasteiger partial charge in [-0.25, -0.2) is 0 Å². The number of hydrogen-bond acceptors (Lipinski definition) is 5. The summed E-state index contributed by atoms with van der Waals surface area (Å²) in [6.45, 7) is 2.12. The first kappa shape index (κ1) is 13.5. The zero-order chi connectivity index (χ0) is 13.2. The molecule has 1 unspecified atom stereocenters. The monoisotopic (exact) mass is 272 g/mol. The van der Waals surface area contributed by atoms with Crippen LogP contribution in [0.1, 0.15) is 12.0 Å². The van der Waals surface area contributed by atoms with Crippen molar-refractivity contribution in [1.29, 1.82) is 0 Å². The number of benzene rings is 1. The number of hydrogen-bond donors (Lipinski definition) is 1. The molecule has 1 aliphatic rings. The lowest BCUT2D eigenvalue weighted by atomic mass is 10.1. The molecule has 5 nitrogen and oxygen atoms in total. The van der Waals surface area contributed by atoms with Crippen LogP contribution in [0, 0.1) is 6.92 Å². The Hall–Kier alpha value is -0.950. The van der Waals surface area contributed by atoms with E-state index >= 15 is 0 Å². The van der Waals surface area contributed by atoms with Crippen molar-refractivity contribution in [3.05, 3.63) is 29.8 Å². The maximum absolute atomic E-state index is 11.9. The van der Waals surface area contributed by atoms with Crippen molar-refractivity contribution in [2.75, 3.05) is 19.8 Å². The highest BCUT2D eigenvalue weighted by Crippen LogP contribution is 2.21. The highest BCUT2D eigenvalue weighted by atomic mass is 32.2. The average Bonchev–Trinajstić information content (AvgIpc) is 2.75. The van der Waals surface area contributed by atoms with Crippen molar-refractivity contribution in [3.63, 3.8) is 0 Å². The quantitative estimate of drug-likeness (QED) is 0.823. The molecule has 0 aliphatic carbocycles. The fourth-order valence-electron chi connectivity index (χ4n) is 1.67. The van der Waals surface area contributed by atoms with Crippen molar-refractivity contribution in [2.24, 2.45) is 0 Å². The van der Waals surface area contributed by atoms with E-state index in [1.165, 1.54) is 12.1 Å². The maximum atomic E-state index is 11.9. The van der Waals surface area contributed by atoms with Crippen LogP contribution in [0.4, 0.5) is 0 Å². The van der Waals surface area contributed by atoms with E-state index in [1.807, 2.05) is 6.92 Å². The van der Waals surface area contributed by atoms with Gasteiger partial charge in [-0.3, -0.25) is 4.18 Å². The first-order chi connectivity index (χ1) is 8.41. The van der Waals surface area contributed by atoms with Gasteiger partial charge in [-0.05, 0) is 19.1 Å². The molecule has 0 saturated carbocycles. The third kappa shape index (κ3) is 3.08. The van der Waals surface area contributed by atoms with Crippen LogP contribution in [0.2, 0.25) is 0 Å². The van der Waals surface area contributed by atoms with E-state index in [9.17, 15) is 13.5 Å². The first-order valence-electron chi connectivity index (χ1n) is 5.68. The third-order valence-electron chi connectivity index (χ3n) is 2.87. The minimum Gasteiger partial charge on any atom is -0.385 e.